The highest BCUT2D eigenvalue weighted by atomic mass is 32.1. The van der Waals surface area contributed by atoms with E-state index >= 15 is 0 Å². The lowest BCUT2D eigenvalue weighted by molar-refractivity contribution is 1.54. The average Bonchev–Trinajstić information content (AvgIpc) is 4.06. The van der Waals surface area contributed by atoms with Crippen LogP contribution in [0.5, 0.6) is 0 Å². The maximum atomic E-state index is 3.75. The standard InChI is InChI=1S/C60H37NS2/c1-3-15-37(16-4-1)41-19-7-9-21-45(41)47-25-13-29-51-49-27-11-23-43(57(49)62-59(47)51)39-31-33-55-53(35-39)54-36-40(32-34-56(54)61-55)44-24-12-28-50-52-30-14-26-48(60(52)63-58(44)50)46-22-10-8-20-42(46)38-17-5-2-6-18-38/h1-36,61H. The molecule has 0 aliphatic carbocycles. The van der Waals surface area contributed by atoms with E-state index in [1.807, 2.05) is 22.7 Å². The molecule has 3 heterocycles. The van der Waals surface area contributed by atoms with Crippen molar-refractivity contribution in [1.29, 1.82) is 0 Å². The zero-order valence-corrected chi connectivity index (χ0v) is 35.7. The number of H-pyrrole nitrogens is 1. The molecule has 0 atom stereocenters. The number of hydrogen-bond acceptors (Lipinski definition) is 2. The van der Waals surface area contributed by atoms with Crippen LogP contribution in [0.4, 0.5) is 0 Å². The molecule has 0 aliphatic rings. The first-order valence-corrected chi connectivity index (χ1v) is 23.1. The first-order valence-electron chi connectivity index (χ1n) is 21.5. The third kappa shape index (κ3) is 5.82. The molecular weight excluding hydrogens is 799 g/mol. The molecule has 0 saturated carbocycles. The van der Waals surface area contributed by atoms with E-state index in [0.29, 0.717) is 0 Å². The van der Waals surface area contributed by atoms with Gasteiger partial charge in [-0.25, -0.2) is 0 Å². The van der Waals surface area contributed by atoms with Gasteiger partial charge >= 0.3 is 0 Å². The highest BCUT2D eigenvalue weighted by molar-refractivity contribution is 7.27. The minimum absolute atomic E-state index is 1.15. The van der Waals surface area contributed by atoms with Crippen molar-refractivity contribution in [2.24, 2.45) is 0 Å². The normalized spacial score (nSPS) is 11.8. The van der Waals surface area contributed by atoms with Gasteiger partial charge in [-0.05, 0) is 79.9 Å². The second kappa shape index (κ2) is 14.5. The van der Waals surface area contributed by atoms with Crippen LogP contribution in [0.2, 0.25) is 0 Å². The molecule has 10 aromatic carbocycles. The Kier molecular flexibility index (Phi) is 8.33. The number of rotatable bonds is 6. The summed E-state index contributed by atoms with van der Waals surface area (Å²) in [6.07, 6.45) is 0. The summed E-state index contributed by atoms with van der Waals surface area (Å²) in [5.74, 6) is 0. The Hall–Kier alpha value is -7.56. The van der Waals surface area contributed by atoms with Gasteiger partial charge in [-0.15, -0.1) is 22.7 Å². The van der Waals surface area contributed by atoms with Crippen molar-refractivity contribution in [2.75, 3.05) is 0 Å². The fourth-order valence-electron chi connectivity index (χ4n) is 9.93. The molecule has 3 heteroatoms. The van der Waals surface area contributed by atoms with Crippen molar-refractivity contribution < 1.29 is 0 Å². The summed E-state index contributed by atoms with van der Waals surface area (Å²) in [6.45, 7) is 0. The van der Waals surface area contributed by atoms with E-state index in [2.05, 4.69) is 223 Å². The smallest absolute Gasteiger partial charge is 0.0465 e. The summed E-state index contributed by atoms with van der Waals surface area (Å²) in [6, 6.07) is 80.3. The van der Waals surface area contributed by atoms with Crippen LogP contribution in [-0.4, -0.2) is 4.98 Å². The van der Waals surface area contributed by atoms with Crippen LogP contribution in [0.25, 0.3) is 129 Å². The lowest BCUT2D eigenvalue weighted by Crippen LogP contribution is -1.85. The number of aromatic amines is 1. The summed E-state index contributed by atoms with van der Waals surface area (Å²) in [4.78, 5) is 3.75. The van der Waals surface area contributed by atoms with Gasteiger partial charge in [-0.2, -0.15) is 0 Å². The number of nitrogens with one attached hydrogen (secondary N) is 1. The van der Waals surface area contributed by atoms with E-state index in [1.54, 1.807) is 0 Å². The van der Waals surface area contributed by atoms with Crippen LogP contribution < -0.4 is 0 Å². The maximum Gasteiger partial charge on any atom is 0.0465 e. The van der Waals surface area contributed by atoms with Crippen molar-refractivity contribution in [3.63, 3.8) is 0 Å². The molecule has 1 N–H and O–H groups in total. The molecule has 1 nitrogen and oxygen atoms in total. The van der Waals surface area contributed by atoms with Gasteiger partial charge in [0.05, 0.1) is 0 Å². The van der Waals surface area contributed by atoms with Gasteiger partial charge in [0.1, 0.15) is 0 Å². The molecule has 0 saturated heterocycles. The molecule has 0 aliphatic heterocycles. The number of hydrogen-bond donors (Lipinski definition) is 1. The fourth-order valence-corrected chi connectivity index (χ4v) is 12.7. The van der Waals surface area contributed by atoms with Crippen LogP contribution in [0.1, 0.15) is 0 Å². The van der Waals surface area contributed by atoms with Crippen molar-refractivity contribution in [3.05, 3.63) is 218 Å². The lowest BCUT2D eigenvalue weighted by Gasteiger charge is -2.11. The van der Waals surface area contributed by atoms with E-state index in [9.17, 15) is 0 Å². The Labute approximate surface area is 372 Å². The Morgan fingerprint density at radius 3 is 0.968 bits per heavy atom. The van der Waals surface area contributed by atoms with E-state index < -0.39 is 0 Å². The van der Waals surface area contributed by atoms with Gasteiger partial charge in [0.2, 0.25) is 0 Å². The van der Waals surface area contributed by atoms with Gasteiger partial charge in [0.25, 0.3) is 0 Å². The first-order chi connectivity index (χ1) is 31.2. The van der Waals surface area contributed by atoms with Gasteiger partial charge < -0.3 is 4.98 Å². The number of fused-ring (bicyclic) bond motifs is 9. The summed E-state index contributed by atoms with van der Waals surface area (Å²) < 4.78 is 5.28. The largest absolute Gasteiger partial charge is 0.355 e. The van der Waals surface area contributed by atoms with Crippen LogP contribution >= 0.6 is 22.7 Å². The van der Waals surface area contributed by atoms with E-state index in [0.717, 1.165) is 11.0 Å². The van der Waals surface area contributed by atoms with Crippen molar-refractivity contribution in [3.8, 4) is 66.8 Å². The van der Waals surface area contributed by atoms with Crippen LogP contribution in [0, 0.1) is 0 Å². The minimum atomic E-state index is 1.15. The molecule has 0 fully saturated rings. The predicted molar refractivity (Wildman–Crippen MR) is 274 cm³/mol. The summed E-state index contributed by atoms with van der Waals surface area (Å²) in [7, 11) is 0. The highest BCUT2D eigenvalue weighted by Gasteiger charge is 2.19. The second-order valence-corrected chi connectivity index (χ2v) is 18.4. The SMILES string of the molecule is c1ccc(-c2ccccc2-c2cccc3c2sc2c(-c4ccc5[nH]c6ccc(-c7cccc8c7sc7c(-c9ccccc9-c9ccccc9)cccc78)cc6c5c4)cccc23)cc1. The van der Waals surface area contributed by atoms with Crippen molar-refractivity contribution in [2.45, 2.75) is 0 Å². The molecule has 13 rings (SSSR count). The molecule has 13 aromatic rings. The lowest BCUT2D eigenvalue weighted by atomic mass is 9.93. The van der Waals surface area contributed by atoms with Gasteiger partial charge in [0.15, 0.2) is 0 Å². The maximum absolute atomic E-state index is 3.75. The molecule has 63 heavy (non-hydrogen) atoms. The molecule has 0 spiro atoms. The Morgan fingerprint density at radius 1 is 0.222 bits per heavy atom. The van der Waals surface area contributed by atoms with Crippen LogP contribution in [0.15, 0.2) is 218 Å². The van der Waals surface area contributed by atoms with Crippen molar-refractivity contribution in [1.82, 2.24) is 4.98 Å². The van der Waals surface area contributed by atoms with E-state index in [4.69, 9.17) is 0 Å². The highest BCUT2D eigenvalue weighted by Crippen LogP contribution is 2.48. The number of benzene rings is 10. The summed E-state index contributed by atoms with van der Waals surface area (Å²) in [5.41, 5.74) is 17.3. The third-order valence-electron chi connectivity index (χ3n) is 12.9. The summed E-state index contributed by atoms with van der Waals surface area (Å²) in [5, 5.41) is 7.69. The van der Waals surface area contributed by atoms with Gasteiger partial charge in [-0.3, -0.25) is 0 Å². The van der Waals surface area contributed by atoms with E-state index in [1.165, 1.54) is 118 Å². The third-order valence-corrected chi connectivity index (χ3v) is 15.4. The predicted octanol–water partition coefficient (Wildman–Crippen LogP) is 18.1. The number of aromatic nitrogens is 1. The van der Waals surface area contributed by atoms with Gasteiger partial charge in [0, 0.05) is 73.3 Å². The molecular formula is C60H37NS2. The Morgan fingerprint density at radius 2 is 0.556 bits per heavy atom. The monoisotopic (exact) mass is 835 g/mol. The van der Waals surface area contributed by atoms with E-state index in [-0.39, 0.29) is 0 Å². The zero-order valence-electron chi connectivity index (χ0n) is 34.1. The molecule has 3 aromatic heterocycles. The summed E-state index contributed by atoms with van der Waals surface area (Å²) >= 11 is 3.83. The first kappa shape index (κ1) is 36.1. The van der Waals surface area contributed by atoms with Crippen LogP contribution in [0.3, 0.4) is 0 Å². The zero-order chi connectivity index (χ0) is 41.4. The molecule has 0 radical (unpaired) electrons. The van der Waals surface area contributed by atoms with Crippen LogP contribution in [-0.2, 0) is 0 Å². The minimum Gasteiger partial charge on any atom is -0.355 e. The van der Waals surface area contributed by atoms with Crippen molar-refractivity contribution >= 4 is 84.8 Å². The number of thiophene rings is 2. The molecule has 294 valence electrons. The van der Waals surface area contributed by atoms with Gasteiger partial charge in [-0.1, -0.05) is 194 Å². The average molecular weight is 836 g/mol. The molecule has 0 unspecified atom stereocenters. The Bertz CT molecular complexity index is 3650. The second-order valence-electron chi connectivity index (χ2n) is 16.4. The fraction of sp³-hybridized carbons (Fsp3) is 0. The molecule has 0 bridgehead atoms. The topological polar surface area (TPSA) is 15.8 Å². The Balaban J connectivity index is 0.936. The molecule has 0 amide bonds. The quantitative estimate of drug-likeness (QED) is 0.172.